The highest BCUT2D eigenvalue weighted by molar-refractivity contribution is 5.72. The van der Waals surface area contributed by atoms with E-state index in [2.05, 4.69) is 0 Å². The Morgan fingerprint density at radius 3 is 2.47 bits per heavy atom. The minimum atomic E-state index is -0.396. The highest BCUT2D eigenvalue weighted by Gasteiger charge is 2.11. The summed E-state index contributed by atoms with van der Waals surface area (Å²) in [6.45, 7) is 4.97. The van der Waals surface area contributed by atoms with Crippen LogP contribution in [0.3, 0.4) is 0 Å². The van der Waals surface area contributed by atoms with Gasteiger partial charge in [0.1, 0.15) is 12.4 Å². The molecule has 0 saturated heterocycles. The van der Waals surface area contributed by atoms with Crippen LogP contribution in [0.2, 0.25) is 0 Å². The van der Waals surface area contributed by atoms with Gasteiger partial charge in [-0.2, -0.15) is 0 Å². The molecule has 1 rings (SSSR count). The monoisotopic (exact) mass is 236 g/mol. The summed E-state index contributed by atoms with van der Waals surface area (Å²) < 4.78 is 10.1. The Hall–Kier alpha value is -1.84. The average Bonchev–Trinajstić information content (AvgIpc) is 2.26. The van der Waals surface area contributed by atoms with Crippen LogP contribution in [0.4, 0.5) is 0 Å². The molecule has 0 radical (unpaired) electrons. The molecule has 0 spiro atoms. The normalized spacial score (nSPS) is 10.1. The number of carbonyl (C=O) groups is 2. The van der Waals surface area contributed by atoms with Crippen molar-refractivity contribution in [1.82, 2.24) is 0 Å². The summed E-state index contributed by atoms with van der Waals surface area (Å²) in [4.78, 5) is 22.2. The fourth-order valence-corrected chi connectivity index (χ4v) is 1.19. The molecule has 0 fully saturated rings. The van der Waals surface area contributed by atoms with Crippen molar-refractivity contribution in [3.05, 3.63) is 29.8 Å². The van der Waals surface area contributed by atoms with Gasteiger partial charge in [0.15, 0.2) is 0 Å². The second-order valence-electron chi connectivity index (χ2n) is 3.96. The predicted molar refractivity (Wildman–Crippen MR) is 62.4 cm³/mol. The van der Waals surface area contributed by atoms with Gasteiger partial charge in [-0.1, -0.05) is 32.0 Å². The van der Waals surface area contributed by atoms with Crippen molar-refractivity contribution in [2.24, 2.45) is 5.92 Å². The summed E-state index contributed by atoms with van der Waals surface area (Å²) in [7, 11) is 0. The standard InChI is InChI=1S/C13H16O4/c1-9(2)13(15)16-8-11-6-4-5-7-12(11)17-10(3)14/h4-7,9H,8H2,1-3H3. The van der Waals surface area contributed by atoms with Crippen LogP contribution in [0.15, 0.2) is 24.3 Å². The molecule has 17 heavy (non-hydrogen) atoms. The maximum absolute atomic E-state index is 11.3. The molecule has 0 heterocycles. The van der Waals surface area contributed by atoms with Gasteiger partial charge in [0.25, 0.3) is 0 Å². The Morgan fingerprint density at radius 1 is 1.24 bits per heavy atom. The van der Waals surface area contributed by atoms with E-state index in [1.54, 1.807) is 38.1 Å². The number of ether oxygens (including phenoxy) is 2. The van der Waals surface area contributed by atoms with Crippen molar-refractivity contribution in [3.8, 4) is 5.75 Å². The lowest BCUT2D eigenvalue weighted by molar-refractivity contribution is -0.148. The Kier molecular flexibility index (Phi) is 4.69. The topological polar surface area (TPSA) is 52.6 Å². The number of rotatable bonds is 4. The van der Waals surface area contributed by atoms with Crippen molar-refractivity contribution in [2.45, 2.75) is 27.4 Å². The van der Waals surface area contributed by atoms with E-state index in [1.807, 2.05) is 0 Å². The minimum Gasteiger partial charge on any atom is -0.460 e. The van der Waals surface area contributed by atoms with E-state index < -0.39 is 5.97 Å². The Balaban J connectivity index is 2.70. The molecule has 4 nitrogen and oxygen atoms in total. The molecule has 0 aliphatic rings. The number of carbonyl (C=O) groups excluding carboxylic acids is 2. The van der Waals surface area contributed by atoms with E-state index in [1.165, 1.54) is 6.92 Å². The van der Waals surface area contributed by atoms with Crippen LogP contribution in [-0.4, -0.2) is 11.9 Å². The third-order valence-electron chi connectivity index (χ3n) is 2.07. The first-order valence-electron chi connectivity index (χ1n) is 5.43. The first-order valence-corrected chi connectivity index (χ1v) is 5.43. The number of para-hydroxylation sites is 1. The Morgan fingerprint density at radius 2 is 1.88 bits per heavy atom. The molecule has 0 aliphatic heterocycles. The lowest BCUT2D eigenvalue weighted by atomic mass is 10.2. The predicted octanol–water partition coefficient (Wildman–Crippen LogP) is 2.31. The Labute approximate surface area is 101 Å². The lowest BCUT2D eigenvalue weighted by Gasteiger charge is -2.10. The summed E-state index contributed by atoms with van der Waals surface area (Å²) >= 11 is 0. The van der Waals surface area contributed by atoms with Crippen LogP contribution in [0.25, 0.3) is 0 Å². The summed E-state index contributed by atoms with van der Waals surface area (Å²) in [5, 5.41) is 0. The van der Waals surface area contributed by atoms with Crippen LogP contribution in [0.5, 0.6) is 5.75 Å². The van der Waals surface area contributed by atoms with Gasteiger partial charge in [-0.15, -0.1) is 0 Å². The number of hydrogen-bond acceptors (Lipinski definition) is 4. The summed E-state index contributed by atoms with van der Waals surface area (Å²) in [6, 6.07) is 6.98. The van der Waals surface area contributed by atoms with E-state index >= 15 is 0 Å². The van der Waals surface area contributed by atoms with Gasteiger partial charge in [0, 0.05) is 12.5 Å². The molecular formula is C13H16O4. The second-order valence-corrected chi connectivity index (χ2v) is 3.96. The number of esters is 2. The van der Waals surface area contributed by atoms with Gasteiger partial charge >= 0.3 is 11.9 Å². The summed E-state index contributed by atoms with van der Waals surface area (Å²) in [6.07, 6.45) is 0. The van der Waals surface area contributed by atoms with E-state index in [-0.39, 0.29) is 18.5 Å². The zero-order valence-corrected chi connectivity index (χ0v) is 10.2. The van der Waals surface area contributed by atoms with E-state index in [9.17, 15) is 9.59 Å². The minimum absolute atomic E-state index is 0.112. The molecule has 0 aliphatic carbocycles. The van der Waals surface area contributed by atoms with Crippen LogP contribution < -0.4 is 4.74 Å². The van der Waals surface area contributed by atoms with E-state index in [4.69, 9.17) is 9.47 Å². The third kappa shape index (κ3) is 4.26. The SMILES string of the molecule is CC(=O)Oc1ccccc1COC(=O)C(C)C. The highest BCUT2D eigenvalue weighted by atomic mass is 16.5. The van der Waals surface area contributed by atoms with Crippen LogP contribution in [-0.2, 0) is 20.9 Å². The molecule has 0 amide bonds. The molecule has 4 heteroatoms. The maximum atomic E-state index is 11.3. The van der Waals surface area contributed by atoms with Crippen molar-refractivity contribution in [3.63, 3.8) is 0 Å². The molecular weight excluding hydrogens is 220 g/mol. The number of benzene rings is 1. The Bertz CT molecular complexity index is 410. The first-order chi connectivity index (χ1) is 8.00. The van der Waals surface area contributed by atoms with Gasteiger partial charge in [-0.05, 0) is 6.07 Å². The molecule has 0 N–H and O–H groups in total. The van der Waals surface area contributed by atoms with Crippen LogP contribution >= 0.6 is 0 Å². The van der Waals surface area contributed by atoms with Crippen LogP contribution in [0.1, 0.15) is 26.3 Å². The fourth-order valence-electron chi connectivity index (χ4n) is 1.19. The smallest absolute Gasteiger partial charge is 0.308 e. The zero-order chi connectivity index (χ0) is 12.8. The molecule has 0 aromatic heterocycles. The average molecular weight is 236 g/mol. The first kappa shape index (κ1) is 13.2. The van der Waals surface area contributed by atoms with Crippen molar-refractivity contribution < 1.29 is 19.1 Å². The molecule has 1 aromatic carbocycles. The molecule has 0 saturated carbocycles. The zero-order valence-electron chi connectivity index (χ0n) is 10.2. The third-order valence-corrected chi connectivity index (χ3v) is 2.07. The molecule has 0 atom stereocenters. The largest absolute Gasteiger partial charge is 0.460 e. The van der Waals surface area contributed by atoms with Gasteiger partial charge in [-0.25, -0.2) is 0 Å². The van der Waals surface area contributed by atoms with Crippen molar-refractivity contribution >= 4 is 11.9 Å². The molecule has 1 aromatic rings. The quantitative estimate of drug-likeness (QED) is 0.594. The molecule has 0 bridgehead atoms. The van der Waals surface area contributed by atoms with Crippen LogP contribution in [0, 0.1) is 5.92 Å². The maximum Gasteiger partial charge on any atom is 0.308 e. The molecule has 92 valence electrons. The highest BCUT2D eigenvalue weighted by Crippen LogP contribution is 2.19. The van der Waals surface area contributed by atoms with Gasteiger partial charge in [0.2, 0.25) is 0 Å². The lowest BCUT2D eigenvalue weighted by Crippen LogP contribution is -2.12. The second kappa shape index (κ2) is 6.03. The van der Waals surface area contributed by atoms with E-state index in [0.29, 0.717) is 11.3 Å². The van der Waals surface area contributed by atoms with Gasteiger partial charge in [0.05, 0.1) is 5.92 Å². The summed E-state index contributed by atoms with van der Waals surface area (Å²) in [5.41, 5.74) is 0.678. The van der Waals surface area contributed by atoms with Gasteiger partial charge in [-0.3, -0.25) is 9.59 Å². The van der Waals surface area contributed by atoms with Crippen molar-refractivity contribution in [2.75, 3.05) is 0 Å². The number of hydrogen-bond donors (Lipinski definition) is 0. The van der Waals surface area contributed by atoms with Gasteiger partial charge < -0.3 is 9.47 Å². The van der Waals surface area contributed by atoms with Crippen molar-refractivity contribution in [1.29, 1.82) is 0 Å². The molecule has 0 unspecified atom stereocenters. The van der Waals surface area contributed by atoms with E-state index in [0.717, 1.165) is 0 Å². The summed E-state index contributed by atoms with van der Waals surface area (Å²) in [5.74, 6) is -0.414. The fraction of sp³-hybridized carbons (Fsp3) is 0.385.